The Morgan fingerprint density at radius 3 is 2.55 bits per heavy atom. The number of nitrogens with one attached hydrogen (secondary N) is 1. The summed E-state index contributed by atoms with van der Waals surface area (Å²) in [5.74, 6) is 1.98. The first-order valence-corrected chi connectivity index (χ1v) is 13.9. The predicted octanol–water partition coefficient (Wildman–Crippen LogP) is 3.61. The van der Waals surface area contributed by atoms with Crippen molar-refractivity contribution in [3.63, 3.8) is 0 Å². The van der Waals surface area contributed by atoms with E-state index < -0.39 is 0 Å². The second-order valence-electron chi connectivity index (χ2n) is 10.1. The summed E-state index contributed by atoms with van der Waals surface area (Å²) < 4.78 is 28.7. The monoisotopic (exact) mass is 528 g/mol. The first kappa shape index (κ1) is 28.6. The van der Waals surface area contributed by atoms with Crippen LogP contribution in [0.15, 0.2) is 42.5 Å². The fourth-order valence-electron chi connectivity index (χ4n) is 5.36. The van der Waals surface area contributed by atoms with Crippen molar-refractivity contribution in [1.29, 1.82) is 0 Å². The number of nitrogens with zero attached hydrogens (tertiary/aromatic N) is 1. The molecule has 0 aliphatic carbocycles. The first-order valence-electron chi connectivity index (χ1n) is 13.9. The molecule has 1 fully saturated rings. The lowest BCUT2D eigenvalue weighted by atomic mass is 9.79. The molecule has 2 aromatic carbocycles. The topological polar surface area (TPSA) is 81.7 Å². The molecule has 1 saturated heterocycles. The quantitative estimate of drug-likeness (QED) is 0.340. The summed E-state index contributed by atoms with van der Waals surface area (Å²) in [6.07, 6.45) is 2.88. The lowest BCUT2D eigenvalue weighted by Gasteiger charge is -2.38. The number of ether oxygens (including phenoxy) is 5. The van der Waals surface area contributed by atoms with E-state index in [0.717, 1.165) is 81.4 Å². The average Bonchev–Trinajstić information content (AvgIpc) is 2.96. The Morgan fingerprint density at radius 1 is 0.974 bits per heavy atom. The minimum absolute atomic E-state index is 0.0493. The van der Waals surface area contributed by atoms with Gasteiger partial charge >= 0.3 is 0 Å². The van der Waals surface area contributed by atoms with Gasteiger partial charge in [0.25, 0.3) is 0 Å². The van der Waals surface area contributed by atoms with E-state index >= 15 is 0 Å². The van der Waals surface area contributed by atoms with Gasteiger partial charge in [0.2, 0.25) is 0 Å². The number of hydrogen-bond donors (Lipinski definition) is 2. The molecule has 0 bridgehead atoms. The Kier molecular flexibility index (Phi) is 11.5. The van der Waals surface area contributed by atoms with Crippen molar-refractivity contribution in [1.82, 2.24) is 5.32 Å². The molecule has 0 aromatic heterocycles. The second kappa shape index (κ2) is 15.3. The van der Waals surface area contributed by atoms with Crippen molar-refractivity contribution < 1.29 is 28.8 Å². The highest BCUT2D eigenvalue weighted by Gasteiger charge is 2.35. The molecule has 2 heterocycles. The normalized spacial score (nSPS) is 21.1. The van der Waals surface area contributed by atoms with Gasteiger partial charge < -0.3 is 39.0 Å². The van der Waals surface area contributed by atoms with E-state index in [1.165, 1.54) is 5.56 Å². The van der Waals surface area contributed by atoms with E-state index in [2.05, 4.69) is 40.5 Å². The molecular weight excluding hydrogens is 484 g/mol. The van der Waals surface area contributed by atoms with Crippen molar-refractivity contribution in [3.8, 4) is 11.5 Å². The summed E-state index contributed by atoms with van der Waals surface area (Å²) in [5.41, 5.74) is 3.41. The molecule has 2 N–H and O–H groups in total. The molecule has 8 heteroatoms. The minimum Gasteiger partial charge on any atom is -0.494 e. The third kappa shape index (κ3) is 7.83. The van der Waals surface area contributed by atoms with Gasteiger partial charge in [0.1, 0.15) is 18.1 Å². The van der Waals surface area contributed by atoms with E-state index in [9.17, 15) is 5.11 Å². The average molecular weight is 529 g/mol. The highest BCUT2D eigenvalue weighted by atomic mass is 16.5. The van der Waals surface area contributed by atoms with Crippen molar-refractivity contribution in [3.05, 3.63) is 53.6 Å². The summed E-state index contributed by atoms with van der Waals surface area (Å²) in [6, 6.07) is 14.6. The number of hydrogen-bond acceptors (Lipinski definition) is 8. The third-order valence-corrected chi connectivity index (χ3v) is 7.39. The molecule has 2 aliphatic heterocycles. The Labute approximate surface area is 227 Å². The Hall–Kier alpha value is -2.36. The van der Waals surface area contributed by atoms with E-state index in [1.807, 2.05) is 12.1 Å². The van der Waals surface area contributed by atoms with E-state index in [1.54, 1.807) is 14.2 Å². The van der Waals surface area contributed by atoms with E-state index in [-0.39, 0.29) is 24.5 Å². The number of fused-ring (bicyclic) bond motifs is 1. The molecule has 4 rings (SSSR count). The fraction of sp³-hybridized carbons (Fsp3) is 0.600. The summed E-state index contributed by atoms with van der Waals surface area (Å²) in [6.45, 7) is 6.83. The van der Waals surface area contributed by atoms with Crippen LogP contribution in [0.3, 0.4) is 0 Å². The van der Waals surface area contributed by atoms with E-state index in [0.29, 0.717) is 19.8 Å². The van der Waals surface area contributed by atoms with Gasteiger partial charge in [-0.05, 0) is 54.7 Å². The molecule has 0 saturated carbocycles. The molecule has 8 nitrogen and oxygen atoms in total. The Bertz CT molecular complexity index is 956. The molecule has 3 atom stereocenters. The molecule has 0 amide bonds. The molecular formula is C30H44N2O6. The number of benzene rings is 2. The molecule has 38 heavy (non-hydrogen) atoms. The van der Waals surface area contributed by atoms with Gasteiger partial charge in [0.15, 0.2) is 0 Å². The van der Waals surface area contributed by atoms with Crippen LogP contribution >= 0.6 is 0 Å². The summed E-state index contributed by atoms with van der Waals surface area (Å²) in [4.78, 5) is 2.37. The summed E-state index contributed by atoms with van der Waals surface area (Å²) >= 11 is 0. The zero-order valence-electron chi connectivity index (χ0n) is 22.9. The van der Waals surface area contributed by atoms with Gasteiger partial charge in [-0.25, -0.2) is 0 Å². The number of anilines is 1. The highest BCUT2D eigenvalue weighted by Crippen LogP contribution is 2.35. The van der Waals surface area contributed by atoms with Crippen LogP contribution in [-0.2, 0) is 20.8 Å². The van der Waals surface area contributed by atoms with Crippen molar-refractivity contribution >= 4 is 5.69 Å². The maximum absolute atomic E-state index is 10.2. The largest absolute Gasteiger partial charge is 0.494 e. The molecule has 0 radical (unpaired) electrons. The molecule has 0 spiro atoms. The van der Waals surface area contributed by atoms with Gasteiger partial charge in [0, 0.05) is 65.5 Å². The number of aliphatic hydroxyl groups is 1. The predicted molar refractivity (Wildman–Crippen MR) is 148 cm³/mol. The zero-order valence-corrected chi connectivity index (χ0v) is 22.9. The van der Waals surface area contributed by atoms with E-state index in [4.69, 9.17) is 23.7 Å². The number of methoxy groups -OCH3 is 2. The number of rotatable bonds is 15. The second-order valence-corrected chi connectivity index (χ2v) is 10.1. The maximum Gasteiger partial charge on any atom is 0.142 e. The van der Waals surface area contributed by atoms with Gasteiger partial charge in [-0.15, -0.1) is 0 Å². The summed E-state index contributed by atoms with van der Waals surface area (Å²) in [5, 5.41) is 13.6. The minimum atomic E-state index is -0.0493. The van der Waals surface area contributed by atoms with Crippen LogP contribution in [-0.4, -0.2) is 84.6 Å². The number of aliphatic hydroxyl groups excluding tert-OH is 1. The molecule has 210 valence electrons. The van der Waals surface area contributed by atoms with Gasteiger partial charge in [-0.2, -0.15) is 0 Å². The van der Waals surface area contributed by atoms with Crippen LogP contribution in [0.4, 0.5) is 5.69 Å². The Balaban J connectivity index is 1.39. The summed E-state index contributed by atoms with van der Waals surface area (Å²) in [7, 11) is 3.46. The van der Waals surface area contributed by atoms with Crippen LogP contribution in [0, 0.1) is 5.92 Å². The first-order chi connectivity index (χ1) is 18.7. The molecule has 2 aromatic rings. The van der Waals surface area contributed by atoms with Crippen molar-refractivity contribution in [2.45, 2.75) is 37.9 Å². The third-order valence-electron chi connectivity index (χ3n) is 7.39. The fourth-order valence-corrected chi connectivity index (χ4v) is 5.36. The zero-order chi connectivity index (χ0) is 26.6. The maximum atomic E-state index is 10.2. The smallest absolute Gasteiger partial charge is 0.142 e. The van der Waals surface area contributed by atoms with Crippen LogP contribution in [0.5, 0.6) is 11.5 Å². The van der Waals surface area contributed by atoms with Gasteiger partial charge in [-0.1, -0.05) is 18.2 Å². The number of piperidine rings is 1. The van der Waals surface area contributed by atoms with Crippen molar-refractivity contribution in [2.24, 2.45) is 5.92 Å². The van der Waals surface area contributed by atoms with Gasteiger partial charge in [0.05, 0.1) is 31.5 Å². The highest BCUT2D eigenvalue weighted by molar-refractivity contribution is 5.61. The van der Waals surface area contributed by atoms with Crippen LogP contribution in [0.25, 0.3) is 0 Å². The van der Waals surface area contributed by atoms with Crippen LogP contribution < -0.4 is 19.7 Å². The lowest BCUT2D eigenvalue weighted by molar-refractivity contribution is -0.0151. The van der Waals surface area contributed by atoms with Crippen LogP contribution in [0.1, 0.15) is 36.3 Å². The van der Waals surface area contributed by atoms with Gasteiger partial charge in [-0.3, -0.25) is 0 Å². The standard InChI is InChI=1S/C30H44N2O6/c1-34-14-3-4-16-36-26-9-7-24(8-10-26)30-25(21-33)19-31-20-29(30)38-22-23-6-11-28-27(18-23)32(13-17-37-28)12-5-15-35-2/h6-11,18,25,29-31,33H,3-5,12-17,19-22H2,1-2H3/t25-,29-,30-/m0/s1. The molecule has 0 unspecified atom stereocenters. The molecule has 2 aliphatic rings. The van der Waals surface area contributed by atoms with Crippen molar-refractivity contribution in [2.75, 3.05) is 78.3 Å². The lowest BCUT2D eigenvalue weighted by Crippen LogP contribution is -2.47. The van der Waals surface area contributed by atoms with Crippen LogP contribution in [0.2, 0.25) is 0 Å². The number of unbranched alkanes of at least 4 members (excludes halogenated alkanes) is 1. The SMILES string of the molecule is COCCCCOc1ccc([C@H]2[C@H](CO)CNC[C@@H]2OCc2ccc3c(c2)N(CCCOC)CCO3)cc1. The Morgan fingerprint density at radius 2 is 1.76 bits per heavy atom.